The van der Waals surface area contributed by atoms with Crippen molar-refractivity contribution < 1.29 is 5.21 Å². The van der Waals surface area contributed by atoms with Gasteiger partial charge < -0.3 is 0 Å². The maximum Gasteiger partial charge on any atom is 0.211 e. The van der Waals surface area contributed by atoms with E-state index in [0.717, 1.165) is 11.3 Å². The summed E-state index contributed by atoms with van der Waals surface area (Å²) < 4.78 is 0. The molecule has 0 aliphatic rings. The lowest BCUT2D eigenvalue weighted by Gasteiger charge is -2.03. The number of aryl methyl sites for hydroxylation is 1. The fourth-order valence-corrected chi connectivity index (χ4v) is 1.06. The van der Waals surface area contributed by atoms with Gasteiger partial charge in [-0.3, -0.25) is 10.6 Å². The first-order chi connectivity index (χ1) is 7.13. The van der Waals surface area contributed by atoms with Crippen LogP contribution in [0.5, 0.6) is 0 Å². The minimum absolute atomic E-state index is 0.0708. The van der Waals surface area contributed by atoms with E-state index >= 15 is 0 Å². The normalized spacial score (nSPS) is 11.0. The molecule has 0 aliphatic carbocycles. The summed E-state index contributed by atoms with van der Waals surface area (Å²) in [5.74, 6) is 0. The summed E-state index contributed by atoms with van der Waals surface area (Å²) in [6, 6.07) is 7.98. The van der Waals surface area contributed by atoms with Gasteiger partial charge in [-0.15, -0.1) is 0 Å². The molecule has 0 atom stereocenters. The maximum absolute atomic E-state index is 8.43. The summed E-state index contributed by atoms with van der Waals surface area (Å²) in [5.41, 5.74) is 7.31. The molecule has 0 fully saturated rings. The third-order valence-corrected chi connectivity index (χ3v) is 2.08. The smallest absolute Gasteiger partial charge is 0.211 e. The third kappa shape index (κ3) is 3.65. The zero-order valence-corrected chi connectivity index (χ0v) is 9.43. The molecule has 0 aliphatic heterocycles. The number of thiocarbonyl (C=S) groups is 1. The van der Waals surface area contributed by atoms with Gasteiger partial charge in [0.05, 0.1) is 5.71 Å². The van der Waals surface area contributed by atoms with Crippen LogP contribution in [0.25, 0.3) is 0 Å². The minimum atomic E-state index is 0.0708. The topological polar surface area (TPSA) is 56.7 Å². The Morgan fingerprint density at radius 3 is 2.47 bits per heavy atom. The van der Waals surface area contributed by atoms with Crippen molar-refractivity contribution in [2.75, 3.05) is 0 Å². The SMILES string of the molecule is C/C(=N\NC(=S)NO)c1ccc(C)cc1. The van der Waals surface area contributed by atoms with Crippen molar-refractivity contribution in [3.63, 3.8) is 0 Å². The Balaban J connectivity index is 2.71. The molecule has 0 radical (unpaired) electrons. The van der Waals surface area contributed by atoms with Gasteiger partial charge in [0.25, 0.3) is 0 Å². The Bertz CT molecular complexity index is 373. The first kappa shape index (κ1) is 11.6. The van der Waals surface area contributed by atoms with Crippen LogP contribution in [0.1, 0.15) is 18.1 Å². The van der Waals surface area contributed by atoms with E-state index in [9.17, 15) is 0 Å². The lowest BCUT2D eigenvalue weighted by molar-refractivity contribution is 0.233. The van der Waals surface area contributed by atoms with E-state index in [1.807, 2.05) is 38.1 Å². The van der Waals surface area contributed by atoms with Crippen molar-refractivity contribution >= 4 is 23.0 Å². The van der Waals surface area contributed by atoms with Crippen LogP contribution in [-0.4, -0.2) is 16.0 Å². The highest BCUT2D eigenvalue weighted by Crippen LogP contribution is 2.03. The highest BCUT2D eigenvalue weighted by Gasteiger charge is 1.96. The van der Waals surface area contributed by atoms with Crippen LogP contribution in [-0.2, 0) is 0 Å². The zero-order chi connectivity index (χ0) is 11.3. The van der Waals surface area contributed by atoms with Crippen LogP contribution in [0, 0.1) is 6.92 Å². The molecule has 0 unspecified atom stereocenters. The molecular weight excluding hydrogens is 210 g/mol. The second-order valence-electron chi connectivity index (χ2n) is 3.12. The predicted octanol–water partition coefficient (Wildman–Crippen LogP) is 1.57. The van der Waals surface area contributed by atoms with E-state index in [1.54, 1.807) is 5.48 Å². The Labute approximate surface area is 94.0 Å². The second-order valence-corrected chi connectivity index (χ2v) is 3.52. The first-order valence-corrected chi connectivity index (χ1v) is 4.85. The first-order valence-electron chi connectivity index (χ1n) is 4.45. The van der Waals surface area contributed by atoms with Gasteiger partial charge in [0.1, 0.15) is 0 Å². The number of rotatable bonds is 2. The standard InChI is InChI=1S/C10H13N3OS/c1-7-3-5-9(6-4-7)8(2)11-12-10(15)13-14/h3-6,14H,1-2H3,(H2,12,13,15)/b11-8+. The molecular formula is C10H13N3OS. The summed E-state index contributed by atoms with van der Waals surface area (Å²) >= 11 is 4.67. The molecule has 0 saturated heterocycles. The van der Waals surface area contributed by atoms with Gasteiger partial charge in [0.15, 0.2) is 0 Å². The molecule has 1 aromatic rings. The van der Waals surface area contributed by atoms with Crippen LogP contribution in [0.15, 0.2) is 29.4 Å². The van der Waals surface area contributed by atoms with Gasteiger partial charge in [0.2, 0.25) is 5.11 Å². The van der Waals surface area contributed by atoms with Crippen LogP contribution in [0.4, 0.5) is 0 Å². The fraction of sp³-hybridized carbons (Fsp3) is 0.200. The number of hydroxylamine groups is 1. The summed E-state index contributed by atoms with van der Waals surface area (Å²) in [7, 11) is 0. The molecule has 0 bridgehead atoms. The molecule has 0 saturated carbocycles. The largest absolute Gasteiger partial charge is 0.289 e. The van der Waals surface area contributed by atoms with Crippen LogP contribution in [0.2, 0.25) is 0 Å². The molecule has 1 aromatic carbocycles. The molecule has 80 valence electrons. The summed E-state index contributed by atoms with van der Waals surface area (Å²) in [5, 5.41) is 12.5. The molecule has 4 nitrogen and oxygen atoms in total. The third-order valence-electron chi connectivity index (χ3n) is 1.90. The Kier molecular flexibility index (Phi) is 4.20. The number of hydrazone groups is 1. The summed E-state index contributed by atoms with van der Waals surface area (Å²) in [4.78, 5) is 0. The number of nitrogens with one attached hydrogen (secondary N) is 2. The molecule has 3 N–H and O–H groups in total. The number of hydrogen-bond acceptors (Lipinski definition) is 3. The van der Waals surface area contributed by atoms with Crippen molar-refractivity contribution in [2.45, 2.75) is 13.8 Å². The molecule has 15 heavy (non-hydrogen) atoms. The van der Waals surface area contributed by atoms with Crippen molar-refractivity contribution in [1.29, 1.82) is 0 Å². The molecule has 0 amide bonds. The average Bonchev–Trinajstić information content (AvgIpc) is 2.26. The number of benzene rings is 1. The van der Waals surface area contributed by atoms with Crippen molar-refractivity contribution in [2.24, 2.45) is 5.10 Å². The van der Waals surface area contributed by atoms with Crippen LogP contribution >= 0.6 is 12.2 Å². The molecule has 0 heterocycles. The lowest BCUT2D eigenvalue weighted by atomic mass is 10.1. The Morgan fingerprint density at radius 1 is 1.33 bits per heavy atom. The Hall–Kier alpha value is -1.46. The fourth-order valence-electron chi connectivity index (χ4n) is 1.02. The van der Waals surface area contributed by atoms with E-state index in [1.165, 1.54) is 5.56 Å². The van der Waals surface area contributed by atoms with Crippen molar-refractivity contribution in [1.82, 2.24) is 10.9 Å². The van der Waals surface area contributed by atoms with Gasteiger partial charge in [-0.25, -0.2) is 5.48 Å². The van der Waals surface area contributed by atoms with Crippen LogP contribution in [0.3, 0.4) is 0 Å². The van der Waals surface area contributed by atoms with Gasteiger partial charge in [0, 0.05) is 0 Å². The van der Waals surface area contributed by atoms with E-state index in [2.05, 4.69) is 22.7 Å². The second kappa shape index (κ2) is 5.43. The van der Waals surface area contributed by atoms with E-state index < -0.39 is 0 Å². The van der Waals surface area contributed by atoms with Gasteiger partial charge in [-0.05, 0) is 31.6 Å². The molecule has 5 heteroatoms. The highest BCUT2D eigenvalue weighted by atomic mass is 32.1. The van der Waals surface area contributed by atoms with Crippen molar-refractivity contribution in [3.8, 4) is 0 Å². The zero-order valence-electron chi connectivity index (χ0n) is 8.61. The van der Waals surface area contributed by atoms with Crippen molar-refractivity contribution in [3.05, 3.63) is 35.4 Å². The number of nitrogens with zero attached hydrogens (tertiary/aromatic N) is 1. The molecule has 0 spiro atoms. The molecule has 0 aromatic heterocycles. The van der Waals surface area contributed by atoms with Gasteiger partial charge >= 0.3 is 0 Å². The Morgan fingerprint density at radius 2 is 1.93 bits per heavy atom. The monoisotopic (exact) mass is 223 g/mol. The summed E-state index contributed by atoms with van der Waals surface area (Å²) in [6.07, 6.45) is 0. The average molecular weight is 223 g/mol. The number of hydrogen-bond donors (Lipinski definition) is 3. The van der Waals surface area contributed by atoms with E-state index in [4.69, 9.17) is 5.21 Å². The molecule has 1 rings (SSSR count). The lowest BCUT2D eigenvalue weighted by Crippen LogP contribution is -2.29. The quantitative estimate of drug-likeness (QED) is 0.405. The highest BCUT2D eigenvalue weighted by molar-refractivity contribution is 7.80. The minimum Gasteiger partial charge on any atom is -0.289 e. The van der Waals surface area contributed by atoms with E-state index in [-0.39, 0.29) is 5.11 Å². The predicted molar refractivity (Wildman–Crippen MR) is 64.0 cm³/mol. The maximum atomic E-state index is 8.43. The van der Waals surface area contributed by atoms with Gasteiger partial charge in [-0.2, -0.15) is 5.10 Å². The summed E-state index contributed by atoms with van der Waals surface area (Å²) in [6.45, 7) is 3.89. The van der Waals surface area contributed by atoms with Crippen LogP contribution < -0.4 is 10.9 Å². The van der Waals surface area contributed by atoms with Gasteiger partial charge in [-0.1, -0.05) is 29.8 Å². The van der Waals surface area contributed by atoms with E-state index in [0.29, 0.717) is 0 Å².